The van der Waals surface area contributed by atoms with E-state index in [-0.39, 0.29) is 36.4 Å². The van der Waals surface area contributed by atoms with Crippen molar-refractivity contribution >= 4 is 23.5 Å². The molecule has 0 unspecified atom stereocenters. The van der Waals surface area contributed by atoms with Crippen LogP contribution >= 0.6 is 0 Å². The number of nitrogens with zero attached hydrogens (tertiary/aromatic N) is 1. The van der Waals surface area contributed by atoms with Crippen LogP contribution in [-0.4, -0.2) is 42.1 Å². The van der Waals surface area contributed by atoms with Crippen molar-refractivity contribution in [2.45, 2.75) is 40.2 Å². The Kier molecular flexibility index (Phi) is 5.53. The van der Waals surface area contributed by atoms with Crippen LogP contribution in [0, 0.1) is 13.8 Å². The maximum Gasteiger partial charge on any atom is 0.355 e. The van der Waals surface area contributed by atoms with Gasteiger partial charge in [0.15, 0.2) is 6.61 Å². The van der Waals surface area contributed by atoms with Crippen LogP contribution in [0.5, 0.6) is 0 Å². The first-order valence-electron chi connectivity index (χ1n) is 9.28. The number of amides is 1. The molecule has 1 aliphatic rings. The first-order valence-corrected chi connectivity index (χ1v) is 9.28. The second kappa shape index (κ2) is 7.88. The Morgan fingerprint density at radius 3 is 2.57 bits per heavy atom. The molecule has 1 amide bonds. The van der Waals surface area contributed by atoms with E-state index in [0.717, 1.165) is 17.7 Å². The molecule has 1 aromatic carbocycles. The summed E-state index contributed by atoms with van der Waals surface area (Å²) in [6, 6.07) is 7.72. The summed E-state index contributed by atoms with van der Waals surface area (Å²) in [6.45, 7) is 6.86. The highest BCUT2D eigenvalue weighted by Gasteiger charge is 2.31. The Balaban J connectivity index is 1.71. The molecule has 1 N–H and O–H groups in total. The zero-order chi connectivity index (χ0) is 20.4. The van der Waals surface area contributed by atoms with E-state index in [4.69, 9.17) is 9.47 Å². The summed E-state index contributed by atoms with van der Waals surface area (Å²) >= 11 is 0. The van der Waals surface area contributed by atoms with E-state index < -0.39 is 11.9 Å². The molecular formula is C21H24N2O5. The molecule has 1 aliphatic heterocycles. The average Bonchev–Trinajstić information content (AvgIpc) is 3.15. The molecule has 148 valence electrons. The van der Waals surface area contributed by atoms with E-state index >= 15 is 0 Å². The molecular weight excluding hydrogens is 360 g/mol. The third kappa shape index (κ3) is 3.52. The van der Waals surface area contributed by atoms with E-state index in [9.17, 15) is 14.4 Å². The monoisotopic (exact) mass is 384 g/mol. The number of carbonyl (C=O) groups is 3. The average molecular weight is 384 g/mol. The molecule has 2 aromatic rings. The highest BCUT2D eigenvalue weighted by Crippen LogP contribution is 2.31. The van der Waals surface area contributed by atoms with Gasteiger partial charge in [-0.05, 0) is 51.3 Å². The molecule has 0 saturated carbocycles. The number of aromatic amines is 1. The predicted molar refractivity (Wildman–Crippen MR) is 104 cm³/mol. The molecule has 1 aromatic heterocycles. The van der Waals surface area contributed by atoms with Gasteiger partial charge in [0.05, 0.1) is 12.2 Å². The van der Waals surface area contributed by atoms with Gasteiger partial charge in [-0.25, -0.2) is 9.59 Å². The lowest BCUT2D eigenvalue weighted by Crippen LogP contribution is -2.38. The Morgan fingerprint density at radius 2 is 1.86 bits per heavy atom. The fourth-order valence-corrected chi connectivity index (χ4v) is 3.68. The van der Waals surface area contributed by atoms with E-state index in [1.165, 1.54) is 0 Å². The van der Waals surface area contributed by atoms with Crippen LogP contribution in [0.1, 0.15) is 51.5 Å². The van der Waals surface area contributed by atoms with Gasteiger partial charge in [0.1, 0.15) is 5.69 Å². The van der Waals surface area contributed by atoms with Crippen LogP contribution in [0.25, 0.3) is 0 Å². The van der Waals surface area contributed by atoms with Crippen molar-refractivity contribution in [2.24, 2.45) is 0 Å². The third-order valence-corrected chi connectivity index (χ3v) is 4.92. The van der Waals surface area contributed by atoms with E-state index in [1.54, 1.807) is 25.7 Å². The lowest BCUT2D eigenvalue weighted by molar-refractivity contribution is -0.122. The molecule has 0 fully saturated rings. The van der Waals surface area contributed by atoms with E-state index in [1.807, 2.05) is 31.2 Å². The Hall–Kier alpha value is -3.09. The third-order valence-electron chi connectivity index (χ3n) is 4.92. The number of carbonyl (C=O) groups excluding carboxylic acids is 3. The van der Waals surface area contributed by atoms with Gasteiger partial charge in [-0.3, -0.25) is 4.79 Å². The maximum atomic E-state index is 12.7. The lowest BCUT2D eigenvalue weighted by atomic mass is 10.1. The van der Waals surface area contributed by atoms with E-state index in [0.29, 0.717) is 11.3 Å². The molecule has 0 bridgehead atoms. The zero-order valence-corrected chi connectivity index (χ0v) is 16.5. The SMILES string of the molecule is CCOC(=O)c1[nH]c(C)c(C(=O)OCC(=O)N2c3ccccc3C[C@@H]2C)c1C. The summed E-state index contributed by atoms with van der Waals surface area (Å²) in [5.41, 5.74) is 3.39. The summed E-state index contributed by atoms with van der Waals surface area (Å²) in [5, 5.41) is 0. The van der Waals surface area contributed by atoms with Crippen LogP contribution in [0.3, 0.4) is 0 Å². The number of anilines is 1. The molecule has 7 nitrogen and oxygen atoms in total. The van der Waals surface area contributed by atoms with Crippen LogP contribution in [0.15, 0.2) is 24.3 Å². The minimum atomic E-state index is -0.643. The first-order chi connectivity index (χ1) is 13.3. The van der Waals surface area contributed by atoms with Gasteiger partial charge >= 0.3 is 11.9 Å². The van der Waals surface area contributed by atoms with Gasteiger partial charge in [-0.1, -0.05) is 18.2 Å². The van der Waals surface area contributed by atoms with Crippen molar-refractivity contribution in [2.75, 3.05) is 18.1 Å². The number of benzene rings is 1. The van der Waals surface area contributed by atoms with Gasteiger partial charge in [-0.2, -0.15) is 0 Å². The number of hydrogen-bond acceptors (Lipinski definition) is 5. The van der Waals surface area contributed by atoms with Crippen molar-refractivity contribution in [1.29, 1.82) is 0 Å². The molecule has 28 heavy (non-hydrogen) atoms. The second-order valence-electron chi connectivity index (χ2n) is 6.87. The maximum absolute atomic E-state index is 12.7. The van der Waals surface area contributed by atoms with Crippen LogP contribution in [0.4, 0.5) is 5.69 Å². The number of esters is 2. The summed E-state index contributed by atoms with van der Waals surface area (Å²) in [5.74, 6) is -1.45. The first kappa shape index (κ1) is 19.7. The molecule has 1 atom stereocenters. The van der Waals surface area contributed by atoms with Crippen LogP contribution < -0.4 is 4.90 Å². The molecule has 2 heterocycles. The number of fused-ring (bicyclic) bond motifs is 1. The van der Waals surface area contributed by atoms with E-state index in [2.05, 4.69) is 4.98 Å². The molecule has 0 spiro atoms. The number of nitrogens with one attached hydrogen (secondary N) is 1. The van der Waals surface area contributed by atoms with Crippen molar-refractivity contribution < 1.29 is 23.9 Å². The standard InChI is InChI=1S/C21H24N2O5/c1-5-27-21(26)19-13(3)18(14(4)22-19)20(25)28-11-17(24)23-12(2)10-15-8-6-7-9-16(15)23/h6-9,12,22H,5,10-11H2,1-4H3/t12-/m0/s1. The fraction of sp³-hybridized carbons (Fsp3) is 0.381. The van der Waals surface area contributed by atoms with Crippen molar-refractivity contribution in [3.63, 3.8) is 0 Å². The quantitative estimate of drug-likeness (QED) is 0.801. The molecule has 0 saturated heterocycles. The highest BCUT2D eigenvalue weighted by molar-refractivity contribution is 6.01. The van der Waals surface area contributed by atoms with Gasteiger partial charge in [0.25, 0.3) is 5.91 Å². The number of H-pyrrole nitrogens is 1. The number of rotatable bonds is 5. The largest absolute Gasteiger partial charge is 0.461 e. The van der Waals surface area contributed by atoms with Gasteiger partial charge < -0.3 is 19.4 Å². The number of para-hydroxylation sites is 1. The number of aromatic nitrogens is 1. The van der Waals surface area contributed by atoms with Gasteiger partial charge in [-0.15, -0.1) is 0 Å². The Labute approximate surface area is 163 Å². The summed E-state index contributed by atoms with van der Waals surface area (Å²) in [7, 11) is 0. The minimum absolute atomic E-state index is 0.00903. The Morgan fingerprint density at radius 1 is 1.14 bits per heavy atom. The van der Waals surface area contributed by atoms with Crippen molar-refractivity contribution in [3.8, 4) is 0 Å². The number of aryl methyl sites for hydroxylation is 1. The lowest BCUT2D eigenvalue weighted by Gasteiger charge is -2.22. The van der Waals surface area contributed by atoms with Crippen LogP contribution in [0.2, 0.25) is 0 Å². The molecule has 7 heteroatoms. The van der Waals surface area contributed by atoms with Crippen LogP contribution in [-0.2, 0) is 20.7 Å². The van der Waals surface area contributed by atoms with Crippen molar-refractivity contribution in [3.05, 3.63) is 52.3 Å². The van der Waals surface area contributed by atoms with Gasteiger partial charge in [0, 0.05) is 17.4 Å². The predicted octanol–water partition coefficient (Wildman–Crippen LogP) is 2.94. The molecule has 0 aliphatic carbocycles. The zero-order valence-electron chi connectivity index (χ0n) is 16.5. The minimum Gasteiger partial charge on any atom is -0.461 e. The summed E-state index contributed by atoms with van der Waals surface area (Å²) in [4.78, 5) is 41.8. The smallest absolute Gasteiger partial charge is 0.355 e. The normalized spacial score (nSPS) is 15.3. The number of hydrogen-bond donors (Lipinski definition) is 1. The Bertz CT molecular complexity index is 931. The fourth-order valence-electron chi connectivity index (χ4n) is 3.68. The molecule has 0 radical (unpaired) electrons. The topological polar surface area (TPSA) is 88.7 Å². The number of ether oxygens (including phenoxy) is 2. The van der Waals surface area contributed by atoms with Gasteiger partial charge in [0.2, 0.25) is 0 Å². The second-order valence-corrected chi connectivity index (χ2v) is 6.87. The highest BCUT2D eigenvalue weighted by atomic mass is 16.5. The molecule has 3 rings (SSSR count). The van der Waals surface area contributed by atoms with Crippen molar-refractivity contribution in [1.82, 2.24) is 4.98 Å². The summed E-state index contributed by atoms with van der Waals surface area (Å²) < 4.78 is 10.3. The summed E-state index contributed by atoms with van der Waals surface area (Å²) in [6.07, 6.45) is 0.773.